The summed E-state index contributed by atoms with van der Waals surface area (Å²) in [6, 6.07) is 10.7. The van der Waals surface area contributed by atoms with Crippen LogP contribution in [0.3, 0.4) is 0 Å². The van der Waals surface area contributed by atoms with Crippen molar-refractivity contribution in [3.63, 3.8) is 0 Å². The van der Waals surface area contributed by atoms with Gasteiger partial charge in [0.1, 0.15) is 5.60 Å². The summed E-state index contributed by atoms with van der Waals surface area (Å²) < 4.78 is 5.64. The summed E-state index contributed by atoms with van der Waals surface area (Å²) in [6.45, 7) is 10.1. The van der Waals surface area contributed by atoms with Crippen LogP contribution < -0.4 is 0 Å². The summed E-state index contributed by atoms with van der Waals surface area (Å²) in [7, 11) is 0. The molecule has 0 aliphatic carbocycles. The fraction of sp³-hybridized carbons (Fsp3) is 0.611. The van der Waals surface area contributed by atoms with E-state index in [-0.39, 0.29) is 18.2 Å². The monoisotopic (exact) mass is 289 g/mol. The quantitative estimate of drug-likeness (QED) is 0.784. The topological polar surface area (TPSA) is 29.5 Å². The molecule has 1 aliphatic rings. The lowest BCUT2D eigenvalue weighted by Gasteiger charge is -2.34. The molecule has 1 aromatic carbocycles. The normalized spacial score (nSPS) is 22.7. The first-order valence-electron chi connectivity index (χ1n) is 7.86. The van der Waals surface area contributed by atoms with Gasteiger partial charge in [-0.1, -0.05) is 44.2 Å². The molecule has 1 heterocycles. The number of hydrogen-bond donors (Lipinski definition) is 0. The van der Waals surface area contributed by atoms with Gasteiger partial charge in [-0.15, -0.1) is 0 Å². The smallest absolute Gasteiger partial charge is 0.411 e. The van der Waals surface area contributed by atoms with Crippen LogP contribution in [0, 0.1) is 5.92 Å². The van der Waals surface area contributed by atoms with Crippen LogP contribution in [-0.2, 0) is 4.74 Å². The molecule has 1 aromatic rings. The maximum atomic E-state index is 12.7. The van der Waals surface area contributed by atoms with E-state index in [4.69, 9.17) is 4.74 Å². The van der Waals surface area contributed by atoms with Crippen molar-refractivity contribution in [1.29, 1.82) is 0 Å². The van der Waals surface area contributed by atoms with Crippen molar-refractivity contribution in [1.82, 2.24) is 4.90 Å². The summed E-state index contributed by atoms with van der Waals surface area (Å²) in [5.74, 6) is 0.436. The summed E-state index contributed by atoms with van der Waals surface area (Å²) >= 11 is 0. The standard InChI is InChI=1S/C18H27NO2/c1-13(2)15-11-12-16(14-9-7-6-8-10-14)19(15)17(20)21-18(3,4)5/h6-10,13,15-16H,11-12H2,1-5H3/t15-,16?/m0/s1. The average Bonchev–Trinajstić information content (AvgIpc) is 2.82. The van der Waals surface area contributed by atoms with Crippen LogP contribution in [-0.4, -0.2) is 22.6 Å². The van der Waals surface area contributed by atoms with Crippen LogP contribution in [0.4, 0.5) is 4.79 Å². The number of ether oxygens (including phenoxy) is 1. The Morgan fingerprint density at radius 3 is 2.33 bits per heavy atom. The molecule has 1 unspecified atom stereocenters. The van der Waals surface area contributed by atoms with Crippen molar-refractivity contribution in [3.8, 4) is 0 Å². The SMILES string of the molecule is CC(C)[C@@H]1CCC(c2ccccc2)N1C(=O)OC(C)(C)C. The minimum absolute atomic E-state index is 0.133. The first-order valence-corrected chi connectivity index (χ1v) is 7.86. The van der Waals surface area contributed by atoms with Crippen molar-refractivity contribution >= 4 is 6.09 Å². The molecule has 0 N–H and O–H groups in total. The molecule has 3 heteroatoms. The Balaban J connectivity index is 2.27. The van der Waals surface area contributed by atoms with Gasteiger partial charge in [-0.3, -0.25) is 4.90 Å². The Morgan fingerprint density at radius 1 is 1.19 bits per heavy atom. The molecule has 0 saturated carbocycles. The molecule has 0 bridgehead atoms. The fourth-order valence-electron chi connectivity index (χ4n) is 3.07. The first kappa shape index (κ1) is 15.9. The molecule has 1 saturated heterocycles. The molecule has 116 valence electrons. The first-order chi connectivity index (χ1) is 9.79. The number of amides is 1. The van der Waals surface area contributed by atoms with E-state index in [0.29, 0.717) is 5.92 Å². The van der Waals surface area contributed by atoms with E-state index in [1.165, 1.54) is 5.56 Å². The summed E-state index contributed by atoms with van der Waals surface area (Å²) in [5, 5.41) is 0. The van der Waals surface area contributed by atoms with Crippen molar-refractivity contribution in [2.24, 2.45) is 5.92 Å². The van der Waals surface area contributed by atoms with Crippen LogP contribution in [0.15, 0.2) is 30.3 Å². The molecule has 0 radical (unpaired) electrons. The van der Waals surface area contributed by atoms with Gasteiger partial charge in [0.05, 0.1) is 6.04 Å². The second kappa shape index (κ2) is 6.08. The predicted octanol–water partition coefficient (Wildman–Crippen LogP) is 4.78. The Morgan fingerprint density at radius 2 is 1.81 bits per heavy atom. The number of likely N-dealkylation sites (tertiary alicyclic amines) is 1. The van der Waals surface area contributed by atoms with Gasteiger partial charge in [-0.05, 0) is 45.1 Å². The summed E-state index contributed by atoms with van der Waals surface area (Å²) in [4.78, 5) is 14.6. The highest BCUT2D eigenvalue weighted by Crippen LogP contribution is 2.39. The van der Waals surface area contributed by atoms with Gasteiger partial charge in [-0.2, -0.15) is 0 Å². The summed E-state index contributed by atoms with van der Waals surface area (Å²) in [5.41, 5.74) is 0.745. The predicted molar refractivity (Wildman–Crippen MR) is 85.1 cm³/mol. The van der Waals surface area contributed by atoms with Gasteiger partial charge in [0, 0.05) is 6.04 Å². The molecule has 0 spiro atoms. The Kier molecular flexibility index (Phi) is 4.60. The van der Waals surface area contributed by atoms with Crippen LogP contribution in [0.2, 0.25) is 0 Å². The van der Waals surface area contributed by atoms with E-state index in [9.17, 15) is 4.79 Å². The van der Waals surface area contributed by atoms with Gasteiger partial charge >= 0.3 is 6.09 Å². The van der Waals surface area contributed by atoms with Crippen LogP contribution >= 0.6 is 0 Å². The highest BCUT2D eigenvalue weighted by molar-refractivity contribution is 5.70. The molecule has 1 amide bonds. The molecular weight excluding hydrogens is 262 g/mol. The van der Waals surface area contributed by atoms with Gasteiger partial charge in [0.2, 0.25) is 0 Å². The molecule has 1 aliphatic heterocycles. The maximum absolute atomic E-state index is 12.7. The van der Waals surface area contributed by atoms with Gasteiger partial charge in [0.25, 0.3) is 0 Å². The Labute approximate surface area is 128 Å². The Bertz CT molecular complexity index is 476. The number of rotatable bonds is 2. The Hall–Kier alpha value is -1.51. The van der Waals surface area contributed by atoms with Crippen molar-refractivity contribution in [2.45, 2.75) is 65.1 Å². The molecule has 0 aromatic heterocycles. The third kappa shape index (κ3) is 3.78. The number of nitrogens with zero attached hydrogens (tertiary/aromatic N) is 1. The number of carbonyl (C=O) groups is 1. The molecule has 3 nitrogen and oxygen atoms in total. The van der Waals surface area contributed by atoms with Crippen molar-refractivity contribution in [2.75, 3.05) is 0 Å². The van der Waals surface area contributed by atoms with Crippen LogP contribution in [0.25, 0.3) is 0 Å². The van der Waals surface area contributed by atoms with Gasteiger partial charge < -0.3 is 4.74 Å². The van der Waals surface area contributed by atoms with E-state index in [2.05, 4.69) is 26.0 Å². The third-order valence-electron chi connectivity index (χ3n) is 3.99. The second-order valence-electron chi connectivity index (χ2n) is 7.20. The number of hydrogen-bond acceptors (Lipinski definition) is 2. The lowest BCUT2D eigenvalue weighted by molar-refractivity contribution is 0.0102. The van der Waals surface area contributed by atoms with Crippen LogP contribution in [0.1, 0.15) is 59.1 Å². The maximum Gasteiger partial charge on any atom is 0.411 e. The zero-order chi connectivity index (χ0) is 15.6. The minimum atomic E-state index is -0.456. The third-order valence-corrected chi connectivity index (χ3v) is 3.99. The minimum Gasteiger partial charge on any atom is -0.444 e. The van der Waals surface area contributed by atoms with E-state index in [1.54, 1.807) is 0 Å². The van der Waals surface area contributed by atoms with Gasteiger partial charge in [0.15, 0.2) is 0 Å². The lowest BCUT2D eigenvalue weighted by Crippen LogP contribution is -2.43. The zero-order valence-corrected chi connectivity index (χ0v) is 13.8. The van der Waals surface area contributed by atoms with Crippen LogP contribution in [0.5, 0.6) is 0 Å². The van der Waals surface area contributed by atoms with E-state index < -0.39 is 5.60 Å². The number of carbonyl (C=O) groups excluding carboxylic acids is 1. The highest BCUT2D eigenvalue weighted by Gasteiger charge is 2.41. The van der Waals surface area contributed by atoms with Crippen molar-refractivity contribution < 1.29 is 9.53 Å². The zero-order valence-electron chi connectivity index (χ0n) is 13.8. The lowest BCUT2D eigenvalue weighted by atomic mass is 10.0. The molecule has 2 atom stereocenters. The molecule has 2 rings (SSSR count). The van der Waals surface area contributed by atoms with E-state index in [1.807, 2.05) is 43.9 Å². The summed E-state index contributed by atoms with van der Waals surface area (Å²) in [6.07, 6.45) is 1.86. The highest BCUT2D eigenvalue weighted by atomic mass is 16.6. The molecule has 1 fully saturated rings. The fourth-order valence-corrected chi connectivity index (χ4v) is 3.07. The van der Waals surface area contributed by atoms with E-state index in [0.717, 1.165) is 12.8 Å². The molecule has 21 heavy (non-hydrogen) atoms. The largest absolute Gasteiger partial charge is 0.444 e. The van der Waals surface area contributed by atoms with Gasteiger partial charge in [-0.25, -0.2) is 4.79 Å². The van der Waals surface area contributed by atoms with Crippen molar-refractivity contribution in [3.05, 3.63) is 35.9 Å². The second-order valence-corrected chi connectivity index (χ2v) is 7.20. The van der Waals surface area contributed by atoms with E-state index >= 15 is 0 Å². The average molecular weight is 289 g/mol. The molecular formula is C18H27NO2. The number of benzene rings is 1.